The van der Waals surface area contributed by atoms with Crippen LogP contribution in [-0.2, 0) is 6.54 Å². The van der Waals surface area contributed by atoms with Crippen molar-refractivity contribution in [2.75, 3.05) is 20.7 Å². The van der Waals surface area contributed by atoms with E-state index in [0.29, 0.717) is 35.6 Å². The molecule has 180 valence electrons. The summed E-state index contributed by atoms with van der Waals surface area (Å²) >= 11 is 0. The van der Waals surface area contributed by atoms with Gasteiger partial charge in [0.2, 0.25) is 0 Å². The molecule has 0 aliphatic heterocycles. The average Bonchev–Trinajstić information content (AvgIpc) is 3.37. The third-order valence-electron chi connectivity index (χ3n) is 5.80. The van der Waals surface area contributed by atoms with Gasteiger partial charge in [-0.25, -0.2) is 4.39 Å². The molecule has 8 nitrogen and oxygen atoms in total. The van der Waals surface area contributed by atoms with Gasteiger partial charge in [-0.2, -0.15) is 5.10 Å². The summed E-state index contributed by atoms with van der Waals surface area (Å²) in [5.74, 6) is -0.866. The highest BCUT2D eigenvalue weighted by atomic mass is 19.1. The van der Waals surface area contributed by atoms with Gasteiger partial charge in [-0.05, 0) is 49.7 Å². The summed E-state index contributed by atoms with van der Waals surface area (Å²) < 4.78 is 20.0. The second kappa shape index (κ2) is 9.92. The van der Waals surface area contributed by atoms with Crippen molar-refractivity contribution in [2.45, 2.75) is 20.4 Å². The first kappa shape index (κ1) is 23.9. The zero-order valence-corrected chi connectivity index (χ0v) is 20.0. The summed E-state index contributed by atoms with van der Waals surface area (Å²) in [5, 5.41) is 10.4. The topological polar surface area (TPSA) is 100 Å². The van der Waals surface area contributed by atoms with Crippen LogP contribution in [0.1, 0.15) is 38.9 Å². The van der Waals surface area contributed by atoms with E-state index in [4.69, 9.17) is 4.74 Å². The number of hydrogen-bond acceptors (Lipinski definition) is 5. The van der Waals surface area contributed by atoms with E-state index in [0.717, 1.165) is 22.2 Å². The van der Waals surface area contributed by atoms with Crippen molar-refractivity contribution in [1.29, 1.82) is 0 Å². The zero-order valence-electron chi connectivity index (χ0n) is 20.0. The van der Waals surface area contributed by atoms with Gasteiger partial charge in [0.25, 0.3) is 11.8 Å². The van der Waals surface area contributed by atoms with Crippen LogP contribution in [0.4, 0.5) is 4.39 Å². The predicted octanol–water partition coefficient (Wildman–Crippen LogP) is 4.10. The lowest BCUT2D eigenvalue weighted by molar-refractivity contribution is 0.0784. The van der Waals surface area contributed by atoms with Crippen LogP contribution in [0.25, 0.3) is 22.0 Å². The Morgan fingerprint density at radius 3 is 2.71 bits per heavy atom. The molecular weight excluding hydrogens is 449 g/mol. The molecule has 0 aliphatic carbocycles. The van der Waals surface area contributed by atoms with Gasteiger partial charge in [-0.1, -0.05) is 6.07 Å². The summed E-state index contributed by atoms with van der Waals surface area (Å²) in [6.07, 6.45) is 3.47. The Labute approximate surface area is 202 Å². The Bertz CT molecular complexity index is 1420. The van der Waals surface area contributed by atoms with Crippen LogP contribution < -0.4 is 10.1 Å². The fourth-order valence-electron chi connectivity index (χ4n) is 3.95. The van der Waals surface area contributed by atoms with Crippen molar-refractivity contribution in [3.05, 3.63) is 77.0 Å². The Morgan fingerprint density at radius 1 is 1.17 bits per heavy atom. The van der Waals surface area contributed by atoms with Crippen LogP contribution in [0.5, 0.6) is 5.75 Å². The average molecular weight is 476 g/mol. The Morgan fingerprint density at radius 2 is 1.97 bits per heavy atom. The highest BCUT2D eigenvalue weighted by molar-refractivity contribution is 5.97. The van der Waals surface area contributed by atoms with Gasteiger partial charge in [0.1, 0.15) is 11.6 Å². The van der Waals surface area contributed by atoms with Crippen LogP contribution >= 0.6 is 0 Å². The highest BCUT2D eigenvalue weighted by Crippen LogP contribution is 2.33. The van der Waals surface area contributed by atoms with Gasteiger partial charge in [0.05, 0.1) is 23.9 Å². The van der Waals surface area contributed by atoms with E-state index >= 15 is 0 Å². The second-order valence-corrected chi connectivity index (χ2v) is 8.11. The smallest absolute Gasteiger partial charge is 0.254 e. The third-order valence-corrected chi connectivity index (χ3v) is 5.80. The van der Waals surface area contributed by atoms with Crippen molar-refractivity contribution in [2.24, 2.45) is 0 Å². The number of fused-ring (bicyclic) bond motifs is 1. The largest absolute Gasteiger partial charge is 0.493 e. The van der Waals surface area contributed by atoms with Crippen molar-refractivity contribution in [1.82, 2.24) is 25.4 Å². The van der Waals surface area contributed by atoms with E-state index in [1.165, 1.54) is 19.2 Å². The first-order chi connectivity index (χ1) is 16.8. The minimum atomic E-state index is -0.614. The van der Waals surface area contributed by atoms with Crippen molar-refractivity contribution in [3.63, 3.8) is 0 Å². The third kappa shape index (κ3) is 4.70. The van der Waals surface area contributed by atoms with Gasteiger partial charge in [0, 0.05) is 54.6 Å². The first-order valence-electron chi connectivity index (χ1n) is 11.2. The second-order valence-electron chi connectivity index (χ2n) is 8.11. The number of carbonyl (C=O) groups excluding carboxylic acids is 2. The van der Waals surface area contributed by atoms with Crippen LogP contribution in [0.3, 0.4) is 0 Å². The number of halogens is 1. The van der Waals surface area contributed by atoms with Gasteiger partial charge < -0.3 is 15.0 Å². The number of aromatic amines is 1. The Balaban J connectivity index is 1.64. The van der Waals surface area contributed by atoms with Crippen molar-refractivity contribution < 1.29 is 18.7 Å². The Kier molecular flexibility index (Phi) is 6.77. The monoisotopic (exact) mass is 475 g/mol. The lowest BCUT2D eigenvalue weighted by Crippen LogP contribution is -2.26. The van der Waals surface area contributed by atoms with E-state index in [1.54, 1.807) is 48.6 Å². The molecule has 9 heteroatoms. The number of ether oxygens (including phenoxy) is 1. The molecular formula is C26H26FN5O3. The molecule has 2 aromatic heterocycles. The SMILES string of the molecule is CCOc1cc(C(=O)N(C)Cc2cnc(C)c3cn[nH]c23)ccc1-c1ccc(F)c(C(=O)NC)c1. The quantitative estimate of drug-likeness (QED) is 0.419. The molecule has 0 aliphatic rings. The highest BCUT2D eigenvalue weighted by Gasteiger charge is 2.19. The molecule has 0 atom stereocenters. The number of hydrogen-bond donors (Lipinski definition) is 2. The zero-order chi connectivity index (χ0) is 25.1. The van der Waals surface area contributed by atoms with Crippen LogP contribution in [0, 0.1) is 12.7 Å². The van der Waals surface area contributed by atoms with Gasteiger partial charge in [-0.3, -0.25) is 19.7 Å². The van der Waals surface area contributed by atoms with Crippen LogP contribution in [0.15, 0.2) is 48.8 Å². The molecule has 0 radical (unpaired) electrons. The first-order valence-corrected chi connectivity index (χ1v) is 11.2. The molecule has 0 saturated heterocycles. The van der Waals surface area contributed by atoms with Crippen LogP contribution in [-0.4, -0.2) is 52.6 Å². The number of rotatable bonds is 7. The van der Waals surface area contributed by atoms with E-state index in [9.17, 15) is 14.0 Å². The number of aromatic nitrogens is 3. The number of nitrogens with zero attached hydrogens (tertiary/aromatic N) is 3. The van der Waals surface area contributed by atoms with E-state index in [1.807, 2.05) is 13.8 Å². The fraction of sp³-hybridized carbons (Fsp3) is 0.231. The maximum Gasteiger partial charge on any atom is 0.254 e. The van der Waals surface area contributed by atoms with Crippen molar-refractivity contribution in [3.8, 4) is 16.9 Å². The molecule has 2 amide bonds. The molecule has 4 aromatic rings. The Hall–Kier alpha value is -4.27. The number of H-pyrrole nitrogens is 1. The van der Waals surface area contributed by atoms with Gasteiger partial charge in [-0.15, -0.1) is 0 Å². The summed E-state index contributed by atoms with van der Waals surface area (Å²) in [6, 6.07) is 9.40. The normalized spacial score (nSPS) is 10.9. The molecule has 0 fully saturated rings. The molecule has 2 heterocycles. The summed E-state index contributed by atoms with van der Waals surface area (Å²) in [4.78, 5) is 31.3. The molecule has 4 rings (SSSR count). The number of nitrogens with one attached hydrogen (secondary N) is 2. The van der Waals surface area contributed by atoms with E-state index in [2.05, 4.69) is 20.5 Å². The van der Waals surface area contributed by atoms with Crippen molar-refractivity contribution >= 4 is 22.7 Å². The molecule has 35 heavy (non-hydrogen) atoms. The predicted molar refractivity (Wildman–Crippen MR) is 131 cm³/mol. The van der Waals surface area contributed by atoms with Crippen LogP contribution in [0.2, 0.25) is 0 Å². The molecule has 0 bridgehead atoms. The van der Waals surface area contributed by atoms with Gasteiger partial charge in [0.15, 0.2) is 0 Å². The van der Waals surface area contributed by atoms with Gasteiger partial charge >= 0.3 is 0 Å². The fourth-order valence-corrected chi connectivity index (χ4v) is 3.95. The molecule has 2 aromatic carbocycles. The number of aryl methyl sites for hydroxylation is 1. The molecule has 0 spiro atoms. The lowest BCUT2D eigenvalue weighted by Gasteiger charge is -2.19. The number of benzene rings is 2. The lowest BCUT2D eigenvalue weighted by atomic mass is 9.99. The maximum atomic E-state index is 14.2. The van der Waals surface area contributed by atoms with E-state index < -0.39 is 11.7 Å². The number of amides is 2. The molecule has 0 saturated carbocycles. The summed E-state index contributed by atoms with van der Waals surface area (Å²) in [5.41, 5.74) is 4.20. The summed E-state index contributed by atoms with van der Waals surface area (Å²) in [7, 11) is 3.16. The summed E-state index contributed by atoms with van der Waals surface area (Å²) in [6.45, 7) is 4.46. The number of pyridine rings is 1. The molecule has 0 unspecified atom stereocenters. The maximum absolute atomic E-state index is 14.2. The van der Waals surface area contributed by atoms with E-state index in [-0.39, 0.29) is 11.5 Å². The minimum absolute atomic E-state index is 0.0656. The number of carbonyl (C=O) groups is 2. The molecule has 2 N–H and O–H groups in total. The standard InChI is InChI=1S/C26H26FN5O3/c1-5-35-23-11-17(6-8-19(23)16-7-9-22(27)20(10-16)25(33)28-3)26(34)32(4)14-18-12-29-15(2)21-13-30-31-24(18)21/h6-13H,5,14H2,1-4H3,(H,28,33)(H,30,31). The minimum Gasteiger partial charge on any atom is -0.493 e.